The summed E-state index contributed by atoms with van der Waals surface area (Å²) in [4.78, 5) is 4.25. The van der Waals surface area contributed by atoms with Crippen molar-refractivity contribution in [3.8, 4) is 5.75 Å². The molecule has 0 aliphatic carbocycles. The van der Waals surface area contributed by atoms with Crippen LogP contribution < -0.4 is 10.1 Å². The van der Waals surface area contributed by atoms with Gasteiger partial charge < -0.3 is 14.5 Å². The lowest BCUT2D eigenvalue weighted by Crippen LogP contribution is -2.00. The highest BCUT2D eigenvalue weighted by Gasteiger charge is 2.07. The SMILES string of the molecule is COc1cc(NCc2nc(C)c(C)o2)ccc1F. The van der Waals surface area contributed by atoms with E-state index in [4.69, 9.17) is 9.15 Å². The number of ether oxygens (including phenoxy) is 1. The van der Waals surface area contributed by atoms with Gasteiger partial charge >= 0.3 is 0 Å². The zero-order valence-electron chi connectivity index (χ0n) is 10.6. The number of halogens is 1. The Morgan fingerprint density at radius 2 is 2.17 bits per heavy atom. The van der Waals surface area contributed by atoms with Crippen molar-refractivity contribution in [1.29, 1.82) is 0 Å². The van der Waals surface area contributed by atoms with Crippen LogP contribution in [0.2, 0.25) is 0 Å². The number of benzene rings is 1. The van der Waals surface area contributed by atoms with E-state index < -0.39 is 0 Å². The van der Waals surface area contributed by atoms with Crippen LogP contribution in [-0.2, 0) is 6.54 Å². The van der Waals surface area contributed by atoms with Gasteiger partial charge in [0.05, 0.1) is 19.3 Å². The van der Waals surface area contributed by atoms with E-state index in [1.165, 1.54) is 13.2 Å². The summed E-state index contributed by atoms with van der Waals surface area (Å²) < 4.78 is 23.6. The van der Waals surface area contributed by atoms with Gasteiger partial charge in [-0.3, -0.25) is 0 Å². The normalized spacial score (nSPS) is 10.4. The van der Waals surface area contributed by atoms with Gasteiger partial charge in [0.2, 0.25) is 5.89 Å². The van der Waals surface area contributed by atoms with Crippen LogP contribution >= 0.6 is 0 Å². The van der Waals surface area contributed by atoms with E-state index in [1.54, 1.807) is 12.1 Å². The van der Waals surface area contributed by atoms with Crippen molar-refractivity contribution >= 4 is 5.69 Å². The van der Waals surface area contributed by atoms with Crippen LogP contribution in [0.4, 0.5) is 10.1 Å². The van der Waals surface area contributed by atoms with Gasteiger partial charge in [-0.15, -0.1) is 0 Å². The molecule has 0 saturated carbocycles. The van der Waals surface area contributed by atoms with Crippen molar-refractivity contribution in [3.05, 3.63) is 41.4 Å². The van der Waals surface area contributed by atoms with Crippen LogP contribution in [0.25, 0.3) is 0 Å². The minimum atomic E-state index is -0.383. The predicted molar refractivity (Wildman–Crippen MR) is 66.3 cm³/mol. The number of nitrogens with zero attached hydrogens (tertiary/aromatic N) is 1. The number of hydrogen-bond acceptors (Lipinski definition) is 4. The van der Waals surface area contributed by atoms with E-state index in [0.717, 1.165) is 17.1 Å². The van der Waals surface area contributed by atoms with E-state index in [1.807, 2.05) is 13.8 Å². The third-order valence-corrected chi connectivity index (χ3v) is 2.67. The molecule has 0 fully saturated rings. The van der Waals surface area contributed by atoms with E-state index in [9.17, 15) is 4.39 Å². The maximum atomic E-state index is 13.2. The molecule has 0 aliphatic rings. The van der Waals surface area contributed by atoms with Gasteiger partial charge in [-0.25, -0.2) is 9.37 Å². The van der Waals surface area contributed by atoms with Crippen molar-refractivity contribution in [2.24, 2.45) is 0 Å². The first-order valence-electron chi connectivity index (χ1n) is 5.60. The Balaban J connectivity index is 2.06. The molecule has 1 aromatic carbocycles. The molecule has 4 nitrogen and oxygen atoms in total. The summed E-state index contributed by atoms with van der Waals surface area (Å²) in [6.07, 6.45) is 0. The fourth-order valence-corrected chi connectivity index (χ4v) is 1.56. The van der Waals surface area contributed by atoms with Crippen molar-refractivity contribution in [2.45, 2.75) is 20.4 Å². The summed E-state index contributed by atoms with van der Waals surface area (Å²) in [6, 6.07) is 4.59. The Labute approximate surface area is 105 Å². The molecule has 0 radical (unpaired) electrons. The highest BCUT2D eigenvalue weighted by Crippen LogP contribution is 2.22. The lowest BCUT2D eigenvalue weighted by atomic mass is 10.3. The van der Waals surface area contributed by atoms with E-state index in [0.29, 0.717) is 12.4 Å². The van der Waals surface area contributed by atoms with Gasteiger partial charge in [0.15, 0.2) is 11.6 Å². The molecule has 0 bridgehead atoms. The Hall–Kier alpha value is -2.04. The topological polar surface area (TPSA) is 47.3 Å². The number of hydrogen-bond donors (Lipinski definition) is 1. The van der Waals surface area contributed by atoms with E-state index in [-0.39, 0.29) is 11.6 Å². The summed E-state index contributed by atoms with van der Waals surface area (Å²) in [5.41, 5.74) is 1.63. The van der Waals surface area contributed by atoms with Crippen molar-refractivity contribution in [3.63, 3.8) is 0 Å². The monoisotopic (exact) mass is 250 g/mol. The highest BCUT2D eigenvalue weighted by molar-refractivity contribution is 5.48. The number of oxazole rings is 1. The molecule has 0 amide bonds. The Morgan fingerprint density at radius 3 is 2.78 bits per heavy atom. The van der Waals surface area contributed by atoms with Crippen LogP contribution in [0.15, 0.2) is 22.6 Å². The summed E-state index contributed by atoms with van der Waals surface area (Å²) in [5.74, 6) is 1.24. The smallest absolute Gasteiger partial charge is 0.213 e. The van der Waals surface area contributed by atoms with Crippen molar-refractivity contribution < 1.29 is 13.5 Å². The van der Waals surface area contributed by atoms with Gasteiger partial charge in [-0.05, 0) is 26.0 Å². The Morgan fingerprint density at radius 1 is 1.39 bits per heavy atom. The Kier molecular flexibility index (Phi) is 3.50. The lowest BCUT2D eigenvalue weighted by molar-refractivity contribution is 0.386. The molecule has 0 atom stereocenters. The number of aryl methyl sites for hydroxylation is 2. The minimum absolute atomic E-state index is 0.208. The van der Waals surface area contributed by atoms with Crippen molar-refractivity contribution in [1.82, 2.24) is 4.98 Å². The van der Waals surface area contributed by atoms with Crippen LogP contribution in [0.5, 0.6) is 5.75 Å². The minimum Gasteiger partial charge on any atom is -0.494 e. The molecule has 96 valence electrons. The highest BCUT2D eigenvalue weighted by atomic mass is 19.1. The average molecular weight is 250 g/mol. The van der Waals surface area contributed by atoms with Gasteiger partial charge in [0.1, 0.15) is 5.76 Å². The second kappa shape index (κ2) is 5.08. The lowest BCUT2D eigenvalue weighted by Gasteiger charge is -2.07. The number of aromatic nitrogens is 1. The second-order valence-corrected chi connectivity index (χ2v) is 3.95. The number of nitrogens with one attached hydrogen (secondary N) is 1. The summed E-state index contributed by atoms with van der Waals surface area (Å²) in [7, 11) is 1.43. The standard InChI is InChI=1S/C13H15FN2O2/c1-8-9(2)18-13(16-8)7-15-10-4-5-11(14)12(6-10)17-3/h4-6,15H,7H2,1-3H3. The van der Waals surface area contributed by atoms with Gasteiger partial charge in [0.25, 0.3) is 0 Å². The average Bonchev–Trinajstić information content (AvgIpc) is 2.68. The molecule has 0 unspecified atom stereocenters. The molecule has 5 heteroatoms. The predicted octanol–water partition coefficient (Wildman–Crippen LogP) is 3.05. The van der Waals surface area contributed by atoms with Gasteiger partial charge in [-0.2, -0.15) is 0 Å². The summed E-state index contributed by atoms with van der Waals surface area (Å²) in [5, 5.41) is 3.10. The molecule has 18 heavy (non-hydrogen) atoms. The fraction of sp³-hybridized carbons (Fsp3) is 0.308. The van der Waals surface area contributed by atoms with Crippen LogP contribution in [0.1, 0.15) is 17.3 Å². The van der Waals surface area contributed by atoms with Crippen LogP contribution in [-0.4, -0.2) is 12.1 Å². The van der Waals surface area contributed by atoms with Crippen LogP contribution in [0.3, 0.4) is 0 Å². The third-order valence-electron chi connectivity index (χ3n) is 2.67. The first-order valence-corrected chi connectivity index (χ1v) is 5.60. The molecule has 0 spiro atoms. The quantitative estimate of drug-likeness (QED) is 0.906. The molecule has 0 aliphatic heterocycles. The number of anilines is 1. The summed E-state index contributed by atoms with van der Waals surface area (Å²) >= 11 is 0. The molecule has 0 saturated heterocycles. The first-order chi connectivity index (χ1) is 8.60. The first kappa shape index (κ1) is 12.4. The fourth-order valence-electron chi connectivity index (χ4n) is 1.56. The molecule has 2 aromatic rings. The number of methoxy groups -OCH3 is 1. The van der Waals surface area contributed by atoms with Crippen LogP contribution in [0, 0.1) is 19.7 Å². The maximum absolute atomic E-state index is 13.2. The third kappa shape index (κ3) is 2.61. The molecule has 1 heterocycles. The van der Waals surface area contributed by atoms with Gasteiger partial charge in [0, 0.05) is 11.8 Å². The zero-order chi connectivity index (χ0) is 13.1. The summed E-state index contributed by atoms with van der Waals surface area (Å²) in [6.45, 7) is 4.21. The van der Waals surface area contributed by atoms with Crippen molar-refractivity contribution in [2.75, 3.05) is 12.4 Å². The van der Waals surface area contributed by atoms with E-state index >= 15 is 0 Å². The largest absolute Gasteiger partial charge is 0.494 e. The molecular weight excluding hydrogens is 235 g/mol. The van der Waals surface area contributed by atoms with Gasteiger partial charge in [-0.1, -0.05) is 0 Å². The van der Waals surface area contributed by atoms with E-state index in [2.05, 4.69) is 10.3 Å². The number of rotatable bonds is 4. The molecule has 2 rings (SSSR count). The zero-order valence-corrected chi connectivity index (χ0v) is 10.6. The Bertz CT molecular complexity index is 532. The maximum Gasteiger partial charge on any atom is 0.213 e. The molecular formula is C13H15FN2O2. The molecule has 1 aromatic heterocycles. The second-order valence-electron chi connectivity index (χ2n) is 3.95. The molecule has 1 N–H and O–H groups in total.